The van der Waals surface area contributed by atoms with E-state index in [2.05, 4.69) is 17.6 Å². The van der Waals surface area contributed by atoms with E-state index in [1.165, 1.54) is 0 Å². The second-order valence-electron chi connectivity index (χ2n) is 3.65. The largest absolute Gasteiger partial charge is 0.383 e. The molecule has 2 unspecified atom stereocenters. The van der Waals surface area contributed by atoms with Crippen LogP contribution in [0.3, 0.4) is 0 Å². The van der Waals surface area contributed by atoms with Crippen LogP contribution in [0.2, 0.25) is 0 Å². The molecule has 1 saturated heterocycles. The molecule has 1 fully saturated rings. The standard InChI is InChI=1S/C10H20N2O2/c1-3-9-8(4-5-11-9)10(13)12-6-7-14-2/h8-9,11H,3-7H2,1-2H3,(H,12,13). The van der Waals surface area contributed by atoms with Crippen LogP contribution in [0.25, 0.3) is 0 Å². The van der Waals surface area contributed by atoms with E-state index < -0.39 is 0 Å². The van der Waals surface area contributed by atoms with Crippen molar-refractivity contribution in [3.05, 3.63) is 0 Å². The van der Waals surface area contributed by atoms with E-state index in [4.69, 9.17) is 4.74 Å². The maximum absolute atomic E-state index is 11.7. The highest BCUT2D eigenvalue weighted by Crippen LogP contribution is 2.17. The second-order valence-corrected chi connectivity index (χ2v) is 3.65. The Morgan fingerprint density at radius 1 is 1.64 bits per heavy atom. The van der Waals surface area contributed by atoms with Gasteiger partial charge in [-0.05, 0) is 19.4 Å². The van der Waals surface area contributed by atoms with Crippen molar-refractivity contribution in [2.45, 2.75) is 25.8 Å². The second kappa shape index (κ2) is 5.98. The molecule has 0 saturated carbocycles. The van der Waals surface area contributed by atoms with Crippen LogP contribution in [0.15, 0.2) is 0 Å². The molecule has 0 aromatic heterocycles. The third-order valence-corrected chi connectivity index (χ3v) is 2.73. The minimum Gasteiger partial charge on any atom is -0.383 e. The van der Waals surface area contributed by atoms with E-state index in [0.717, 1.165) is 19.4 Å². The van der Waals surface area contributed by atoms with Gasteiger partial charge in [0.2, 0.25) is 5.91 Å². The highest BCUT2D eigenvalue weighted by Gasteiger charge is 2.30. The minimum atomic E-state index is 0.150. The highest BCUT2D eigenvalue weighted by molar-refractivity contribution is 5.79. The van der Waals surface area contributed by atoms with Crippen molar-refractivity contribution in [3.8, 4) is 0 Å². The van der Waals surface area contributed by atoms with E-state index >= 15 is 0 Å². The first-order valence-corrected chi connectivity index (χ1v) is 5.29. The number of methoxy groups -OCH3 is 1. The molecule has 0 bridgehead atoms. The Hall–Kier alpha value is -0.610. The molecule has 0 spiro atoms. The van der Waals surface area contributed by atoms with E-state index in [9.17, 15) is 4.79 Å². The van der Waals surface area contributed by atoms with Crippen molar-refractivity contribution in [1.29, 1.82) is 0 Å². The van der Waals surface area contributed by atoms with Gasteiger partial charge in [-0.2, -0.15) is 0 Å². The van der Waals surface area contributed by atoms with E-state index in [-0.39, 0.29) is 11.8 Å². The fourth-order valence-electron chi connectivity index (χ4n) is 1.92. The topological polar surface area (TPSA) is 50.4 Å². The molecule has 0 aromatic carbocycles. The maximum atomic E-state index is 11.7. The summed E-state index contributed by atoms with van der Waals surface area (Å²) in [5, 5.41) is 6.22. The lowest BCUT2D eigenvalue weighted by Crippen LogP contribution is -2.39. The molecule has 0 aliphatic carbocycles. The lowest BCUT2D eigenvalue weighted by Gasteiger charge is -2.17. The number of hydrogen-bond donors (Lipinski definition) is 2. The Morgan fingerprint density at radius 3 is 3.07 bits per heavy atom. The molecule has 1 rings (SSSR count). The first kappa shape index (κ1) is 11.5. The Balaban J connectivity index is 2.28. The zero-order valence-corrected chi connectivity index (χ0v) is 9.01. The molecule has 0 radical (unpaired) electrons. The van der Waals surface area contributed by atoms with Crippen molar-refractivity contribution in [1.82, 2.24) is 10.6 Å². The summed E-state index contributed by atoms with van der Waals surface area (Å²) in [6, 6.07) is 0.359. The summed E-state index contributed by atoms with van der Waals surface area (Å²) in [6.45, 7) is 4.27. The SMILES string of the molecule is CCC1NCCC1C(=O)NCCOC. The van der Waals surface area contributed by atoms with E-state index in [1.54, 1.807) is 7.11 Å². The average Bonchev–Trinajstić information content (AvgIpc) is 2.65. The number of nitrogens with one attached hydrogen (secondary N) is 2. The van der Waals surface area contributed by atoms with Crippen molar-refractivity contribution in [3.63, 3.8) is 0 Å². The third-order valence-electron chi connectivity index (χ3n) is 2.73. The summed E-state index contributed by atoms with van der Waals surface area (Å²) in [6.07, 6.45) is 1.97. The maximum Gasteiger partial charge on any atom is 0.224 e. The monoisotopic (exact) mass is 200 g/mol. The molecule has 1 aliphatic heterocycles. The quantitative estimate of drug-likeness (QED) is 0.621. The van der Waals surface area contributed by atoms with Gasteiger partial charge in [-0.25, -0.2) is 0 Å². The van der Waals surface area contributed by atoms with Crippen LogP contribution in [-0.2, 0) is 9.53 Å². The molecule has 1 amide bonds. The molecule has 1 aliphatic rings. The van der Waals surface area contributed by atoms with Gasteiger partial charge in [-0.15, -0.1) is 0 Å². The highest BCUT2D eigenvalue weighted by atomic mass is 16.5. The van der Waals surface area contributed by atoms with Gasteiger partial charge >= 0.3 is 0 Å². The van der Waals surface area contributed by atoms with Crippen LogP contribution < -0.4 is 10.6 Å². The number of rotatable bonds is 5. The van der Waals surface area contributed by atoms with Crippen LogP contribution in [-0.4, -0.2) is 38.8 Å². The summed E-state index contributed by atoms with van der Waals surface area (Å²) in [5.41, 5.74) is 0. The van der Waals surface area contributed by atoms with Crippen molar-refractivity contribution < 1.29 is 9.53 Å². The zero-order valence-electron chi connectivity index (χ0n) is 9.01. The van der Waals surface area contributed by atoms with E-state index in [1.807, 2.05) is 0 Å². The lowest BCUT2D eigenvalue weighted by molar-refractivity contribution is -0.125. The Morgan fingerprint density at radius 2 is 2.43 bits per heavy atom. The summed E-state index contributed by atoms with van der Waals surface area (Å²) in [4.78, 5) is 11.7. The summed E-state index contributed by atoms with van der Waals surface area (Å²) in [7, 11) is 1.64. The molecule has 4 heteroatoms. The molecule has 1 heterocycles. The Labute approximate surface area is 85.4 Å². The van der Waals surface area contributed by atoms with Gasteiger partial charge in [-0.1, -0.05) is 6.92 Å². The first-order chi connectivity index (χ1) is 6.79. The van der Waals surface area contributed by atoms with Crippen LogP contribution in [0.5, 0.6) is 0 Å². The number of carbonyl (C=O) groups excluding carboxylic acids is 1. The molecule has 82 valence electrons. The smallest absolute Gasteiger partial charge is 0.224 e. The molecule has 0 aromatic rings. The number of ether oxygens (including phenoxy) is 1. The van der Waals surface area contributed by atoms with Gasteiger partial charge in [0.05, 0.1) is 12.5 Å². The van der Waals surface area contributed by atoms with Gasteiger partial charge in [0, 0.05) is 19.7 Å². The van der Waals surface area contributed by atoms with Crippen LogP contribution in [0.1, 0.15) is 19.8 Å². The van der Waals surface area contributed by atoms with Crippen molar-refractivity contribution >= 4 is 5.91 Å². The van der Waals surface area contributed by atoms with Crippen LogP contribution >= 0.6 is 0 Å². The zero-order chi connectivity index (χ0) is 10.4. The summed E-state index contributed by atoms with van der Waals surface area (Å²) in [5.74, 6) is 0.316. The van der Waals surface area contributed by atoms with Crippen molar-refractivity contribution in [2.75, 3.05) is 26.8 Å². The normalized spacial score (nSPS) is 26.4. The van der Waals surface area contributed by atoms with Gasteiger partial charge in [0.1, 0.15) is 0 Å². The predicted octanol–water partition coefficient (Wildman–Crippen LogP) is 0.137. The number of hydrogen-bond acceptors (Lipinski definition) is 3. The Kier molecular flexibility index (Phi) is 4.90. The summed E-state index contributed by atoms with van der Waals surface area (Å²) < 4.78 is 4.88. The molecular formula is C10H20N2O2. The third kappa shape index (κ3) is 2.96. The lowest BCUT2D eigenvalue weighted by atomic mass is 9.98. The van der Waals surface area contributed by atoms with Gasteiger partial charge in [0.15, 0.2) is 0 Å². The number of carbonyl (C=O) groups is 1. The summed E-state index contributed by atoms with van der Waals surface area (Å²) >= 11 is 0. The fourth-order valence-corrected chi connectivity index (χ4v) is 1.92. The van der Waals surface area contributed by atoms with Gasteiger partial charge in [0.25, 0.3) is 0 Å². The molecule has 2 atom stereocenters. The fraction of sp³-hybridized carbons (Fsp3) is 0.900. The molecule has 2 N–H and O–H groups in total. The number of amides is 1. The van der Waals surface area contributed by atoms with Gasteiger partial charge < -0.3 is 15.4 Å². The average molecular weight is 200 g/mol. The van der Waals surface area contributed by atoms with Gasteiger partial charge in [-0.3, -0.25) is 4.79 Å². The Bertz CT molecular complexity index is 185. The minimum absolute atomic E-state index is 0.150. The predicted molar refractivity (Wildman–Crippen MR) is 55.1 cm³/mol. The molecule has 14 heavy (non-hydrogen) atoms. The van der Waals surface area contributed by atoms with Crippen molar-refractivity contribution in [2.24, 2.45) is 5.92 Å². The van der Waals surface area contributed by atoms with Crippen LogP contribution in [0, 0.1) is 5.92 Å². The van der Waals surface area contributed by atoms with Crippen LogP contribution in [0.4, 0.5) is 0 Å². The van der Waals surface area contributed by atoms with E-state index in [0.29, 0.717) is 19.2 Å². The molecular weight excluding hydrogens is 180 g/mol. The first-order valence-electron chi connectivity index (χ1n) is 5.29. The molecule has 4 nitrogen and oxygen atoms in total.